The molecule has 0 bridgehead atoms. The molecular formula is C16H28. The first-order valence-corrected chi connectivity index (χ1v) is 6.77. The molecule has 92 valence electrons. The molecule has 1 rings (SSSR count). The molecule has 0 radical (unpaired) electrons. The molecule has 0 aliphatic heterocycles. The van der Waals surface area contributed by atoms with Crippen molar-refractivity contribution < 1.29 is 0 Å². The molecule has 0 unspecified atom stereocenters. The molecular weight excluding hydrogens is 192 g/mol. The maximum atomic E-state index is 2.25. The summed E-state index contributed by atoms with van der Waals surface area (Å²) < 4.78 is 0. The van der Waals surface area contributed by atoms with Crippen LogP contribution in [0.1, 0.15) is 71.3 Å². The lowest BCUT2D eigenvalue weighted by Crippen LogP contribution is -1.83. The van der Waals surface area contributed by atoms with Gasteiger partial charge in [0.1, 0.15) is 0 Å². The van der Waals surface area contributed by atoms with Crippen molar-refractivity contribution in [3.63, 3.8) is 0 Å². The SMILES string of the molecule is CC(C)c1ccccc1.CCCCCCC. The summed E-state index contributed by atoms with van der Waals surface area (Å²) in [6, 6.07) is 10.5. The van der Waals surface area contributed by atoms with Gasteiger partial charge in [-0.2, -0.15) is 0 Å². The molecule has 0 saturated heterocycles. The number of hydrogen-bond acceptors (Lipinski definition) is 0. The smallest absolute Gasteiger partial charge is 0.0219 e. The Kier molecular flexibility index (Phi) is 10.2. The van der Waals surface area contributed by atoms with Crippen LogP contribution >= 0.6 is 0 Å². The Morgan fingerprint density at radius 3 is 1.62 bits per heavy atom. The molecule has 16 heavy (non-hydrogen) atoms. The highest BCUT2D eigenvalue weighted by molar-refractivity contribution is 5.17. The van der Waals surface area contributed by atoms with E-state index in [0.29, 0.717) is 5.92 Å². The molecule has 0 aliphatic carbocycles. The lowest BCUT2D eigenvalue weighted by Gasteiger charge is -2.01. The second-order valence-electron chi connectivity index (χ2n) is 4.63. The van der Waals surface area contributed by atoms with Crippen molar-refractivity contribution in [2.24, 2.45) is 0 Å². The van der Waals surface area contributed by atoms with E-state index in [0.717, 1.165) is 0 Å². The van der Waals surface area contributed by atoms with Gasteiger partial charge in [0.15, 0.2) is 0 Å². The fraction of sp³-hybridized carbons (Fsp3) is 0.625. The second-order valence-corrected chi connectivity index (χ2v) is 4.63. The van der Waals surface area contributed by atoms with Gasteiger partial charge in [-0.25, -0.2) is 0 Å². The van der Waals surface area contributed by atoms with Gasteiger partial charge in [-0.1, -0.05) is 90.1 Å². The van der Waals surface area contributed by atoms with Crippen molar-refractivity contribution in [1.82, 2.24) is 0 Å². The maximum absolute atomic E-state index is 2.25. The van der Waals surface area contributed by atoms with E-state index in [1.54, 1.807) is 0 Å². The highest BCUT2D eigenvalue weighted by Crippen LogP contribution is 2.11. The van der Waals surface area contributed by atoms with Gasteiger partial charge in [0.2, 0.25) is 0 Å². The third kappa shape index (κ3) is 8.52. The van der Waals surface area contributed by atoms with Crippen LogP contribution in [0.15, 0.2) is 30.3 Å². The van der Waals surface area contributed by atoms with E-state index in [9.17, 15) is 0 Å². The Morgan fingerprint density at radius 2 is 1.31 bits per heavy atom. The molecule has 0 heteroatoms. The number of benzene rings is 1. The van der Waals surface area contributed by atoms with Crippen molar-refractivity contribution in [1.29, 1.82) is 0 Å². The summed E-state index contributed by atoms with van der Waals surface area (Å²) >= 11 is 0. The van der Waals surface area contributed by atoms with Crippen LogP contribution in [0.25, 0.3) is 0 Å². The van der Waals surface area contributed by atoms with Gasteiger partial charge in [-0.15, -0.1) is 0 Å². The molecule has 0 N–H and O–H groups in total. The van der Waals surface area contributed by atoms with Crippen LogP contribution in [-0.4, -0.2) is 0 Å². The summed E-state index contributed by atoms with van der Waals surface area (Å²) in [6.07, 6.45) is 7.01. The van der Waals surface area contributed by atoms with Crippen LogP contribution in [0.4, 0.5) is 0 Å². The predicted molar refractivity (Wildman–Crippen MR) is 75.0 cm³/mol. The standard InChI is InChI=1S/C9H12.C7H16/c1-8(2)9-6-4-3-5-7-9;1-3-5-7-6-4-2/h3-8H,1-2H3;3-7H2,1-2H3. The van der Waals surface area contributed by atoms with E-state index in [1.807, 2.05) is 6.07 Å². The van der Waals surface area contributed by atoms with Gasteiger partial charge < -0.3 is 0 Å². The van der Waals surface area contributed by atoms with E-state index in [2.05, 4.69) is 52.0 Å². The molecule has 0 spiro atoms. The largest absolute Gasteiger partial charge is 0.0654 e. The van der Waals surface area contributed by atoms with Crippen LogP contribution in [0.3, 0.4) is 0 Å². The topological polar surface area (TPSA) is 0 Å². The van der Waals surface area contributed by atoms with Gasteiger partial charge in [0.25, 0.3) is 0 Å². The zero-order valence-corrected chi connectivity index (χ0v) is 11.5. The number of rotatable bonds is 5. The highest BCUT2D eigenvalue weighted by Gasteiger charge is 1.93. The van der Waals surface area contributed by atoms with Gasteiger partial charge >= 0.3 is 0 Å². The summed E-state index contributed by atoms with van der Waals surface area (Å²) in [5.41, 5.74) is 1.41. The van der Waals surface area contributed by atoms with Crippen molar-refractivity contribution in [3.8, 4) is 0 Å². The molecule has 0 heterocycles. The summed E-state index contributed by atoms with van der Waals surface area (Å²) in [7, 11) is 0. The molecule has 0 aromatic heterocycles. The van der Waals surface area contributed by atoms with Crippen molar-refractivity contribution in [3.05, 3.63) is 35.9 Å². The lowest BCUT2D eigenvalue weighted by molar-refractivity contribution is 0.656. The highest BCUT2D eigenvalue weighted by atomic mass is 14.0. The van der Waals surface area contributed by atoms with Gasteiger partial charge in [0.05, 0.1) is 0 Å². The normalized spacial score (nSPS) is 9.81. The Bertz CT molecular complexity index is 219. The lowest BCUT2D eigenvalue weighted by atomic mass is 10.0. The van der Waals surface area contributed by atoms with E-state index in [-0.39, 0.29) is 0 Å². The van der Waals surface area contributed by atoms with Crippen LogP contribution in [0.5, 0.6) is 0 Å². The van der Waals surface area contributed by atoms with E-state index < -0.39 is 0 Å². The van der Waals surface area contributed by atoms with E-state index in [1.165, 1.54) is 37.7 Å². The predicted octanol–water partition coefficient (Wildman–Crippen LogP) is 5.79. The monoisotopic (exact) mass is 220 g/mol. The minimum absolute atomic E-state index is 0.659. The van der Waals surface area contributed by atoms with E-state index in [4.69, 9.17) is 0 Å². The Balaban J connectivity index is 0.000000293. The van der Waals surface area contributed by atoms with Crippen LogP contribution < -0.4 is 0 Å². The Labute approximate surface area is 102 Å². The molecule has 1 aromatic rings. The zero-order valence-electron chi connectivity index (χ0n) is 11.5. The quantitative estimate of drug-likeness (QED) is 0.551. The van der Waals surface area contributed by atoms with Gasteiger partial charge in [-0.3, -0.25) is 0 Å². The van der Waals surface area contributed by atoms with Crippen LogP contribution in [0.2, 0.25) is 0 Å². The maximum Gasteiger partial charge on any atom is -0.0219 e. The molecule has 0 nitrogen and oxygen atoms in total. The molecule has 0 fully saturated rings. The molecule has 0 atom stereocenters. The zero-order chi connectivity index (χ0) is 12.2. The van der Waals surface area contributed by atoms with Crippen LogP contribution in [-0.2, 0) is 0 Å². The fourth-order valence-corrected chi connectivity index (χ4v) is 1.51. The first kappa shape index (κ1) is 15.2. The first-order chi connectivity index (χ1) is 7.72. The summed E-state index contributed by atoms with van der Waals surface area (Å²) in [5, 5.41) is 0. The minimum atomic E-state index is 0.659. The van der Waals surface area contributed by atoms with Crippen LogP contribution in [0, 0.1) is 0 Å². The number of unbranched alkanes of at least 4 members (excludes halogenated alkanes) is 4. The third-order valence-electron chi connectivity index (χ3n) is 2.67. The minimum Gasteiger partial charge on any atom is -0.0654 e. The molecule has 1 aromatic carbocycles. The molecule has 0 aliphatic rings. The first-order valence-electron chi connectivity index (χ1n) is 6.77. The Hall–Kier alpha value is -0.780. The average Bonchev–Trinajstić information content (AvgIpc) is 2.32. The van der Waals surface area contributed by atoms with Crippen molar-refractivity contribution in [2.45, 2.75) is 65.7 Å². The molecule has 0 amide bonds. The second kappa shape index (κ2) is 10.7. The van der Waals surface area contributed by atoms with Crippen molar-refractivity contribution in [2.75, 3.05) is 0 Å². The van der Waals surface area contributed by atoms with Gasteiger partial charge in [-0.05, 0) is 11.5 Å². The summed E-state index contributed by atoms with van der Waals surface area (Å²) in [4.78, 5) is 0. The Morgan fingerprint density at radius 1 is 0.812 bits per heavy atom. The number of hydrogen-bond donors (Lipinski definition) is 0. The average molecular weight is 220 g/mol. The third-order valence-corrected chi connectivity index (χ3v) is 2.67. The summed E-state index contributed by atoms with van der Waals surface area (Å²) in [5.74, 6) is 0.659. The fourth-order valence-electron chi connectivity index (χ4n) is 1.51. The molecule has 0 saturated carbocycles. The summed E-state index contributed by atoms with van der Waals surface area (Å²) in [6.45, 7) is 8.90. The van der Waals surface area contributed by atoms with E-state index >= 15 is 0 Å². The van der Waals surface area contributed by atoms with Crippen molar-refractivity contribution >= 4 is 0 Å². The van der Waals surface area contributed by atoms with Gasteiger partial charge in [0, 0.05) is 0 Å².